The normalized spacial score (nSPS) is 11.5. The monoisotopic (exact) mass is 446 g/mol. The SMILES string of the molecule is COc1ccc(CC(NC(=O)Nc2ccc(Cl)cc2)c2nnc(CC(=O)O)s2)cc1. The van der Waals surface area contributed by atoms with E-state index in [4.69, 9.17) is 21.4 Å². The number of aromatic nitrogens is 2. The summed E-state index contributed by atoms with van der Waals surface area (Å²) in [5.74, 6) is -0.263. The van der Waals surface area contributed by atoms with E-state index < -0.39 is 18.0 Å². The third-order valence-corrected chi connectivity index (χ3v) is 5.38. The number of nitrogens with one attached hydrogen (secondary N) is 2. The molecule has 3 rings (SSSR count). The van der Waals surface area contributed by atoms with Gasteiger partial charge in [0.2, 0.25) is 0 Å². The Hall–Kier alpha value is -3.17. The fourth-order valence-electron chi connectivity index (χ4n) is 2.66. The van der Waals surface area contributed by atoms with Gasteiger partial charge in [0.15, 0.2) is 0 Å². The van der Waals surface area contributed by atoms with Gasteiger partial charge in [-0.05, 0) is 48.4 Å². The molecule has 8 nitrogen and oxygen atoms in total. The van der Waals surface area contributed by atoms with Crippen molar-refractivity contribution in [3.8, 4) is 5.75 Å². The van der Waals surface area contributed by atoms with Gasteiger partial charge in [-0.2, -0.15) is 0 Å². The first-order chi connectivity index (χ1) is 14.4. The van der Waals surface area contributed by atoms with Crippen LogP contribution in [0.3, 0.4) is 0 Å². The molecule has 30 heavy (non-hydrogen) atoms. The molecule has 0 spiro atoms. The smallest absolute Gasteiger partial charge is 0.319 e. The number of rotatable bonds is 8. The Morgan fingerprint density at radius 1 is 1.13 bits per heavy atom. The molecule has 1 unspecified atom stereocenters. The number of carboxylic acid groups (broad SMARTS) is 1. The number of halogens is 1. The zero-order valence-corrected chi connectivity index (χ0v) is 17.5. The summed E-state index contributed by atoms with van der Waals surface area (Å²) in [7, 11) is 1.59. The lowest BCUT2D eigenvalue weighted by atomic mass is 10.1. The molecule has 0 aliphatic carbocycles. The number of methoxy groups -OCH3 is 1. The summed E-state index contributed by atoms with van der Waals surface area (Å²) in [6.07, 6.45) is 0.226. The third-order valence-electron chi connectivity index (χ3n) is 4.09. The molecule has 0 aliphatic heterocycles. The van der Waals surface area contributed by atoms with Crippen LogP contribution in [0, 0.1) is 0 Å². The number of anilines is 1. The van der Waals surface area contributed by atoms with Crippen LogP contribution in [0.1, 0.15) is 21.6 Å². The average Bonchev–Trinajstić information content (AvgIpc) is 3.17. The minimum Gasteiger partial charge on any atom is -0.497 e. The maximum Gasteiger partial charge on any atom is 0.319 e. The molecule has 0 bridgehead atoms. The molecule has 2 aromatic carbocycles. The zero-order valence-electron chi connectivity index (χ0n) is 16.0. The molecule has 2 amide bonds. The lowest BCUT2D eigenvalue weighted by molar-refractivity contribution is -0.136. The first-order valence-electron chi connectivity index (χ1n) is 8.93. The minimum atomic E-state index is -0.988. The summed E-state index contributed by atoms with van der Waals surface area (Å²) in [6, 6.07) is 13.3. The Morgan fingerprint density at radius 3 is 2.47 bits per heavy atom. The van der Waals surface area contributed by atoms with E-state index in [1.807, 2.05) is 24.3 Å². The van der Waals surface area contributed by atoms with Crippen LogP contribution in [0.25, 0.3) is 0 Å². The molecule has 1 heterocycles. The highest BCUT2D eigenvalue weighted by atomic mass is 35.5. The first-order valence-corrected chi connectivity index (χ1v) is 10.1. The Balaban J connectivity index is 1.76. The molecule has 156 valence electrons. The lowest BCUT2D eigenvalue weighted by Gasteiger charge is -2.17. The van der Waals surface area contributed by atoms with E-state index in [0.29, 0.717) is 27.1 Å². The molecule has 0 aliphatic rings. The maximum atomic E-state index is 12.5. The minimum absolute atomic E-state index is 0.218. The second kappa shape index (κ2) is 10.0. The first kappa shape index (κ1) is 21.5. The second-order valence-electron chi connectivity index (χ2n) is 6.31. The molecule has 0 saturated carbocycles. The second-order valence-corrected chi connectivity index (χ2v) is 7.84. The van der Waals surface area contributed by atoms with Gasteiger partial charge in [0.05, 0.1) is 19.6 Å². The van der Waals surface area contributed by atoms with Gasteiger partial charge in [0.1, 0.15) is 15.8 Å². The molecule has 1 aromatic heterocycles. The van der Waals surface area contributed by atoms with E-state index in [9.17, 15) is 9.59 Å². The van der Waals surface area contributed by atoms with Crippen molar-refractivity contribution in [1.29, 1.82) is 0 Å². The van der Waals surface area contributed by atoms with Crippen LogP contribution >= 0.6 is 22.9 Å². The van der Waals surface area contributed by atoms with E-state index in [0.717, 1.165) is 22.6 Å². The highest BCUT2D eigenvalue weighted by molar-refractivity contribution is 7.11. The van der Waals surface area contributed by atoms with E-state index in [1.165, 1.54) is 0 Å². The fourth-order valence-corrected chi connectivity index (χ4v) is 3.68. The summed E-state index contributed by atoms with van der Waals surface area (Å²) in [5.41, 5.74) is 1.53. The summed E-state index contributed by atoms with van der Waals surface area (Å²) in [6.45, 7) is 0. The van der Waals surface area contributed by atoms with Crippen LogP contribution in [-0.4, -0.2) is 34.4 Å². The van der Waals surface area contributed by atoms with E-state index in [1.54, 1.807) is 31.4 Å². The number of carboxylic acids is 1. The van der Waals surface area contributed by atoms with Crippen molar-refractivity contribution in [3.63, 3.8) is 0 Å². The highest BCUT2D eigenvalue weighted by Crippen LogP contribution is 2.24. The van der Waals surface area contributed by atoms with Gasteiger partial charge in [-0.25, -0.2) is 4.79 Å². The van der Waals surface area contributed by atoms with Crippen molar-refractivity contribution in [2.24, 2.45) is 0 Å². The van der Waals surface area contributed by atoms with E-state index >= 15 is 0 Å². The molecule has 3 aromatic rings. The Morgan fingerprint density at radius 2 is 1.83 bits per heavy atom. The number of amides is 2. The van der Waals surface area contributed by atoms with Gasteiger partial charge in [-0.1, -0.05) is 35.1 Å². The van der Waals surface area contributed by atoms with Crippen LogP contribution in [0.2, 0.25) is 5.02 Å². The van der Waals surface area contributed by atoms with Crippen LogP contribution in [0.5, 0.6) is 5.75 Å². The number of carbonyl (C=O) groups excluding carboxylic acids is 1. The maximum absolute atomic E-state index is 12.5. The standard InChI is InChI=1S/C20H19ClN4O4S/c1-29-15-8-2-12(3-9-15)10-16(19-25-24-17(30-19)11-18(26)27)23-20(28)22-14-6-4-13(21)5-7-14/h2-9,16H,10-11H2,1H3,(H,26,27)(H2,22,23,28). The molecular formula is C20H19ClN4O4S. The molecule has 0 saturated heterocycles. The number of benzene rings is 2. The van der Waals surface area contributed by atoms with E-state index in [2.05, 4.69) is 20.8 Å². The number of hydrogen-bond acceptors (Lipinski definition) is 6. The largest absolute Gasteiger partial charge is 0.497 e. The third kappa shape index (κ3) is 6.16. The molecule has 0 fully saturated rings. The number of aliphatic carboxylic acids is 1. The molecule has 3 N–H and O–H groups in total. The van der Waals surface area contributed by atoms with Gasteiger partial charge in [-0.15, -0.1) is 10.2 Å². The van der Waals surface area contributed by atoms with Crippen LogP contribution in [0.4, 0.5) is 10.5 Å². The summed E-state index contributed by atoms with van der Waals surface area (Å²) >= 11 is 7.03. The quantitative estimate of drug-likeness (QED) is 0.483. The Kier molecular flexibility index (Phi) is 7.21. The predicted molar refractivity (Wildman–Crippen MR) is 114 cm³/mol. The highest BCUT2D eigenvalue weighted by Gasteiger charge is 2.21. The summed E-state index contributed by atoms with van der Waals surface area (Å²) in [5, 5.41) is 24.1. The topological polar surface area (TPSA) is 113 Å². The van der Waals surface area contributed by atoms with Crippen LogP contribution in [0.15, 0.2) is 48.5 Å². The number of hydrogen-bond donors (Lipinski definition) is 3. The van der Waals surface area contributed by atoms with Crippen molar-refractivity contribution in [2.45, 2.75) is 18.9 Å². The Labute approximate surface area is 181 Å². The van der Waals surface area contributed by atoms with Crippen molar-refractivity contribution >= 4 is 40.6 Å². The van der Waals surface area contributed by atoms with Gasteiger partial charge in [0, 0.05) is 10.7 Å². The number of ether oxygens (including phenoxy) is 1. The van der Waals surface area contributed by atoms with Crippen molar-refractivity contribution < 1.29 is 19.4 Å². The van der Waals surface area contributed by atoms with Gasteiger partial charge < -0.3 is 20.5 Å². The average molecular weight is 447 g/mol. The predicted octanol–water partition coefficient (Wildman–Crippen LogP) is 3.93. The van der Waals surface area contributed by atoms with Crippen LogP contribution in [-0.2, 0) is 17.6 Å². The number of nitrogens with zero attached hydrogens (tertiary/aromatic N) is 2. The van der Waals surface area contributed by atoms with Gasteiger partial charge >= 0.3 is 12.0 Å². The Bertz CT molecular complexity index is 1010. The van der Waals surface area contributed by atoms with Crippen molar-refractivity contribution in [3.05, 3.63) is 69.1 Å². The molecule has 10 heteroatoms. The number of urea groups is 1. The van der Waals surface area contributed by atoms with Gasteiger partial charge in [-0.3, -0.25) is 4.79 Å². The van der Waals surface area contributed by atoms with E-state index in [-0.39, 0.29) is 6.42 Å². The van der Waals surface area contributed by atoms with Crippen molar-refractivity contribution in [1.82, 2.24) is 15.5 Å². The van der Waals surface area contributed by atoms with Crippen molar-refractivity contribution in [2.75, 3.05) is 12.4 Å². The fraction of sp³-hybridized carbons (Fsp3) is 0.200. The summed E-state index contributed by atoms with van der Waals surface area (Å²) in [4.78, 5) is 23.5. The molecular weight excluding hydrogens is 428 g/mol. The van der Waals surface area contributed by atoms with Crippen LogP contribution < -0.4 is 15.4 Å². The molecule has 0 radical (unpaired) electrons. The summed E-state index contributed by atoms with van der Waals surface area (Å²) < 4.78 is 5.17. The molecule has 1 atom stereocenters. The number of carbonyl (C=O) groups is 2. The lowest BCUT2D eigenvalue weighted by Crippen LogP contribution is -2.33. The zero-order chi connectivity index (χ0) is 21.5. The van der Waals surface area contributed by atoms with Gasteiger partial charge in [0.25, 0.3) is 0 Å².